The van der Waals surface area contributed by atoms with Crippen LogP contribution in [0.1, 0.15) is 45.5 Å². The largest absolute Gasteiger partial charge is 0.488 e. The molecule has 4 rings (SSSR count). The number of nitro benzene ring substituents is 1. The molecule has 2 fully saturated rings. The summed E-state index contributed by atoms with van der Waals surface area (Å²) >= 11 is 0. The summed E-state index contributed by atoms with van der Waals surface area (Å²) in [5.41, 5.74) is 0.822. The molecule has 0 bridgehead atoms. The lowest BCUT2D eigenvalue weighted by atomic mass is 10.1. The maximum Gasteiger partial charge on any atom is 0.407 e. The van der Waals surface area contributed by atoms with Crippen molar-refractivity contribution in [3.63, 3.8) is 0 Å². The molecule has 11 nitrogen and oxygen atoms in total. The molecular weight excluding hydrogens is 444 g/mol. The summed E-state index contributed by atoms with van der Waals surface area (Å²) in [4.78, 5) is 48.6. The minimum absolute atomic E-state index is 0.169. The van der Waals surface area contributed by atoms with Crippen molar-refractivity contribution in [1.82, 2.24) is 10.2 Å². The minimum atomic E-state index is -1.04. The third-order valence-electron chi connectivity index (χ3n) is 5.79. The SMILES string of the molecule is Cc1ccc(C(=O)NC2CC2)cc1NC(=O)c1cc(O[C@@H]2CCN(C(=O)O)C2)ccc1[N+](=O)[O-]. The number of aryl methyl sites for hydroxylation is 1. The lowest BCUT2D eigenvalue weighted by molar-refractivity contribution is -0.385. The molecule has 1 heterocycles. The first kappa shape index (κ1) is 23.0. The zero-order chi connectivity index (χ0) is 24.4. The van der Waals surface area contributed by atoms with Gasteiger partial charge in [-0.1, -0.05) is 6.07 Å². The number of carbonyl (C=O) groups is 3. The van der Waals surface area contributed by atoms with Crippen LogP contribution in [0.3, 0.4) is 0 Å². The third-order valence-corrected chi connectivity index (χ3v) is 5.79. The molecule has 1 atom stereocenters. The Balaban J connectivity index is 1.53. The average molecular weight is 468 g/mol. The quantitative estimate of drug-likeness (QED) is 0.417. The summed E-state index contributed by atoms with van der Waals surface area (Å²) in [6.45, 7) is 2.24. The van der Waals surface area contributed by atoms with Crippen molar-refractivity contribution in [1.29, 1.82) is 0 Å². The van der Waals surface area contributed by atoms with Crippen molar-refractivity contribution < 1.29 is 29.2 Å². The van der Waals surface area contributed by atoms with Crippen LogP contribution in [0.2, 0.25) is 0 Å². The second-order valence-corrected chi connectivity index (χ2v) is 8.42. The number of hydrogen-bond donors (Lipinski definition) is 3. The highest BCUT2D eigenvalue weighted by molar-refractivity contribution is 6.08. The van der Waals surface area contributed by atoms with E-state index in [1.54, 1.807) is 19.1 Å². The number of nitro groups is 1. The molecule has 178 valence electrons. The summed E-state index contributed by atoms with van der Waals surface area (Å²) < 4.78 is 5.79. The fraction of sp³-hybridized carbons (Fsp3) is 0.348. The maximum atomic E-state index is 13.0. The third kappa shape index (κ3) is 5.25. The van der Waals surface area contributed by atoms with Gasteiger partial charge in [-0.05, 0) is 49.6 Å². The number of anilines is 1. The van der Waals surface area contributed by atoms with Crippen molar-refractivity contribution >= 4 is 29.3 Å². The average Bonchev–Trinajstić information content (AvgIpc) is 3.48. The van der Waals surface area contributed by atoms with Crippen LogP contribution in [0.15, 0.2) is 36.4 Å². The zero-order valence-electron chi connectivity index (χ0n) is 18.4. The zero-order valence-corrected chi connectivity index (χ0v) is 18.4. The number of hydrogen-bond acceptors (Lipinski definition) is 6. The number of carbonyl (C=O) groups excluding carboxylic acids is 2. The Hall–Kier alpha value is -4.15. The number of likely N-dealkylation sites (tertiary alicyclic amines) is 1. The number of benzene rings is 2. The molecule has 11 heteroatoms. The van der Waals surface area contributed by atoms with Gasteiger partial charge in [-0.15, -0.1) is 0 Å². The Morgan fingerprint density at radius 2 is 1.88 bits per heavy atom. The molecular formula is C23H24N4O7. The van der Waals surface area contributed by atoms with Gasteiger partial charge < -0.3 is 25.4 Å². The first-order valence-electron chi connectivity index (χ1n) is 10.9. The highest BCUT2D eigenvalue weighted by Gasteiger charge is 2.29. The molecule has 0 spiro atoms. The summed E-state index contributed by atoms with van der Waals surface area (Å²) in [5, 5.41) is 26.2. The highest BCUT2D eigenvalue weighted by atomic mass is 16.6. The standard InChI is InChI=1S/C23H24N4O7/c1-13-2-3-14(21(28)24-15-4-5-15)10-19(13)25-22(29)18-11-16(6-7-20(18)27(32)33)34-17-8-9-26(12-17)23(30)31/h2-3,6-7,10-11,15,17H,4-5,8-9,12H2,1H3,(H,24,28)(H,25,29)(H,30,31)/t17-/m1/s1. The molecule has 2 aromatic carbocycles. The van der Waals surface area contributed by atoms with Gasteiger partial charge in [-0.25, -0.2) is 4.79 Å². The van der Waals surface area contributed by atoms with E-state index < -0.39 is 28.7 Å². The lowest BCUT2D eigenvalue weighted by Crippen LogP contribution is -2.29. The van der Waals surface area contributed by atoms with Crippen LogP contribution < -0.4 is 15.4 Å². The van der Waals surface area contributed by atoms with Crippen LogP contribution in [0.25, 0.3) is 0 Å². The van der Waals surface area contributed by atoms with E-state index in [4.69, 9.17) is 9.84 Å². The van der Waals surface area contributed by atoms with Crippen molar-refractivity contribution in [2.24, 2.45) is 0 Å². The van der Waals surface area contributed by atoms with Crippen LogP contribution in [-0.4, -0.2) is 58.1 Å². The van der Waals surface area contributed by atoms with Gasteiger partial charge >= 0.3 is 6.09 Å². The van der Waals surface area contributed by atoms with E-state index in [-0.39, 0.29) is 29.8 Å². The van der Waals surface area contributed by atoms with Gasteiger partial charge in [0.1, 0.15) is 17.4 Å². The summed E-state index contributed by atoms with van der Waals surface area (Å²) in [6.07, 6.45) is 0.895. The number of rotatable bonds is 7. The molecule has 3 amide bonds. The summed E-state index contributed by atoms with van der Waals surface area (Å²) in [7, 11) is 0. The first-order valence-corrected chi connectivity index (χ1v) is 10.9. The van der Waals surface area contributed by atoms with Gasteiger partial charge in [0.2, 0.25) is 0 Å². The van der Waals surface area contributed by atoms with E-state index in [0.29, 0.717) is 29.8 Å². The minimum Gasteiger partial charge on any atom is -0.488 e. The molecule has 2 aliphatic rings. The topological polar surface area (TPSA) is 151 Å². The van der Waals surface area contributed by atoms with Gasteiger partial charge in [0, 0.05) is 36.3 Å². The Morgan fingerprint density at radius 3 is 2.53 bits per heavy atom. The van der Waals surface area contributed by atoms with E-state index in [0.717, 1.165) is 12.8 Å². The molecule has 1 saturated heterocycles. The lowest BCUT2D eigenvalue weighted by Gasteiger charge is -2.15. The van der Waals surface area contributed by atoms with Crippen LogP contribution in [0.4, 0.5) is 16.2 Å². The fourth-order valence-corrected chi connectivity index (χ4v) is 3.70. The number of amides is 3. The Morgan fingerprint density at radius 1 is 1.12 bits per heavy atom. The molecule has 1 aliphatic heterocycles. The predicted octanol–water partition coefficient (Wildman–Crippen LogP) is 3.18. The Bertz CT molecular complexity index is 1160. The van der Waals surface area contributed by atoms with E-state index in [1.807, 2.05) is 0 Å². The molecule has 2 aromatic rings. The number of carboxylic acid groups (broad SMARTS) is 1. The number of nitrogens with one attached hydrogen (secondary N) is 2. The normalized spacial score (nSPS) is 17.2. The second kappa shape index (κ2) is 9.38. The van der Waals surface area contributed by atoms with Crippen LogP contribution in [0, 0.1) is 17.0 Å². The van der Waals surface area contributed by atoms with Crippen molar-refractivity contribution in [2.45, 2.75) is 38.3 Å². The molecule has 0 radical (unpaired) electrons. The van der Waals surface area contributed by atoms with Crippen LogP contribution in [-0.2, 0) is 0 Å². The highest BCUT2D eigenvalue weighted by Crippen LogP contribution is 2.28. The van der Waals surface area contributed by atoms with E-state index in [9.17, 15) is 24.5 Å². The Labute approximate surface area is 194 Å². The molecule has 3 N–H and O–H groups in total. The van der Waals surface area contributed by atoms with Gasteiger partial charge in [0.15, 0.2) is 0 Å². The van der Waals surface area contributed by atoms with Crippen molar-refractivity contribution in [3.8, 4) is 5.75 Å². The molecule has 0 unspecified atom stereocenters. The summed E-state index contributed by atoms with van der Waals surface area (Å²) in [5.74, 6) is -0.743. The molecule has 1 aliphatic carbocycles. The van der Waals surface area contributed by atoms with Crippen LogP contribution in [0.5, 0.6) is 5.75 Å². The molecule has 0 aromatic heterocycles. The predicted molar refractivity (Wildman–Crippen MR) is 121 cm³/mol. The van der Waals surface area contributed by atoms with Gasteiger partial charge in [-0.2, -0.15) is 0 Å². The number of ether oxygens (including phenoxy) is 1. The van der Waals surface area contributed by atoms with Crippen molar-refractivity contribution in [2.75, 3.05) is 18.4 Å². The number of nitrogens with zero attached hydrogens (tertiary/aromatic N) is 2. The maximum absolute atomic E-state index is 13.0. The van der Waals surface area contributed by atoms with E-state index >= 15 is 0 Å². The van der Waals surface area contributed by atoms with E-state index in [2.05, 4.69) is 10.6 Å². The first-order chi connectivity index (χ1) is 16.2. The summed E-state index contributed by atoms with van der Waals surface area (Å²) in [6, 6.07) is 8.90. The fourth-order valence-electron chi connectivity index (χ4n) is 3.70. The second-order valence-electron chi connectivity index (χ2n) is 8.42. The molecule has 34 heavy (non-hydrogen) atoms. The molecule has 1 saturated carbocycles. The van der Waals surface area contributed by atoms with Gasteiger partial charge in [0.25, 0.3) is 17.5 Å². The smallest absolute Gasteiger partial charge is 0.407 e. The van der Waals surface area contributed by atoms with Crippen molar-refractivity contribution in [3.05, 3.63) is 63.2 Å². The van der Waals surface area contributed by atoms with Gasteiger partial charge in [0.05, 0.1) is 11.5 Å². The Kier molecular flexibility index (Phi) is 6.35. The van der Waals surface area contributed by atoms with Gasteiger partial charge in [-0.3, -0.25) is 19.7 Å². The van der Waals surface area contributed by atoms with E-state index in [1.165, 1.54) is 29.2 Å². The van der Waals surface area contributed by atoms with Crippen LogP contribution >= 0.6 is 0 Å². The monoisotopic (exact) mass is 468 g/mol.